The van der Waals surface area contributed by atoms with E-state index in [0.29, 0.717) is 22.3 Å². The van der Waals surface area contributed by atoms with Crippen LogP contribution in [0.5, 0.6) is 0 Å². The van der Waals surface area contributed by atoms with E-state index in [4.69, 9.17) is 17.3 Å². The molecule has 1 saturated heterocycles. The molecule has 1 aliphatic rings. The fourth-order valence-electron chi connectivity index (χ4n) is 1.81. The molecular formula is C12H16ClN3O. The lowest BCUT2D eigenvalue weighted by atomic mass is 10.1. The lowest BCUT2D eigenvalue weighted by molar-refractivity contribution is 0.0399. The van der Waals surface area contributed by atoms with Gasteiger partial charge in [0.2, 0.25) is 0 Å². The van der Waals surface area contributed by atoms with Gasteiger partial charge in [-0.3, -0.25) is 4.79 Å². The number of hydrogen-bond acceptors (Lipinski definition) is 3. The van der Waals surface area contributed by atoms with Crippen molar-refractivity contribution in [1.29, 1.82) is 0 Å². The van der Waals surface area contributed by atoms with Crippen molar-refractivity contribution in [2.75, 3.05) is 32.9 Å². The predicted molar refractivity (Wildman–Crippen MR) is 69.2 cm³/mol. The summed E-state index contributed by atoms with van der Waals surface area (Å²) >= 11 is 5.82. The second-order valence-corrected chi connectivity index (χ2v) is 4.97. The monoisotopic (exact) mass is 253 g/mol. The molecule has 1 aliphatic heterocycles. The number of nitrogens with two attached hydrogens (primary N) is 1. The van der Waals surface area contributed by atoms with Crippen molar-refractivity contribution in [2.45, 2.75) is 6.04 Å². The van der Waals surface area contributed by atoms with Crippen molar-refractivity contribution >= 4 is 23.2 Å². The van der Waals surface area contributed by atoms with Crippen LogP contribution in [0.4, 0.5) is 5.69 Å². The van der Waals surface area contributed by atoms with E-state index in [1.807, 2.05) is 19.0 Å². The zero-order valence-corrected chi connectivity index (χ0v) is 10.7. The van der Waals surface area contributed by atoms with Gasteiger partial charge in [-0.1, -0.05) is 11.6 Å². The first-order valence-electron chi connectivity index (χ1n) is 5.50. The van der Waals surface area contributed by atoms with Gasteiger partial charge in [-0.15, -0.1) is 0 Å². The Morgan fingerprint density at radius 3 is 2.65 bits per heavy atom. The van der Waals surface area contributed by atoms with Gasteiger partial charge in [0.1, 0.15) is 0 Å². The molecule has 1 aromatic rings. The molecule has 1 amide bonds. The number of anilines is 1. The molecule has 0 bridgehead atoms. The van der Waals surface area contributed by atoms with E-state index in [-0.39, 0.29) is 5.91 Å². The summed E-state index contributed by atoms with van der Waals surface area (Å²) in [7, 11) is 4.04. The van der Waals surface area contributed by atoms with Crippen LogP contribution in [0.1, 0.15) is 10.4 Å². The summed E-state index contributed by atoms with van der Waals surface area (Å²) in [5.74, 6) is 0.0199. The van der Waals surface area contributed by atoms with Crippen molar-refractivity contribution in [1.82, 2.24) is 9.80 Å². The van der Waals surface area contributed by atoms with Crippen LogP contribution in [-0.4, -0.2) is 48.9 Å². The van der Waals surface area contributed by atoms with Gasteiger partial charge < -0.3 is 15.5 Å². The van der Waals surface area contributed by atoms with Gasteiger partial charge in [-0.2, -0.15) is 0 Å². The minimum atomic E-state index is 0.0199. The molecule has 92 valence electrons. The smallest absolute Gasteiger partial charge is 0.254 e. The third kappa shape index (κ3) is 2.37. The molecule has 5 heteroatoms. The Balaban J connectivity index is 2.04. The number of hydrogen-bond donors (Lipinski definition) is 1. The molecule has 0 radical (unpaired) electrons. The Bertz CT molecular complexity index is 441. The molecule has 4 nitrogen and oxygen atoms in total. The summed E-state index contributed by atoms with van der Waals surface area (Å²) in [5.41, 5.74) is 6.73. The van der Waals surface area contributed by atoms with Crippen molar-refractivity contribution in [3.05, 3.63) is 28.8 Å². The van der Waals surface area contributed by atoms with E-state index in [9.17, 15) is 4.79 Å². The maximum atomic E-state index is 12.1. The fourth-order valence-corrected chi connectivity index (χ4v) is 1.92. The second kappa shape index (κ2) is 4.55. The van der Waals surface area contributed by atoms with Crippen molar-refractivity contribution in [3.63, 3.8) is 0 Å². The maximum Gasteiger partial charge on any atom is 0.254 e. The molecule has 1 heterocycles. The zero-order chi connectivity index (χ0) is 12.6. The Morgan fingerprint density at radius 2 is 2.12 bits per heavy atom. The average Bonchev–Trinajstić information content (AvgIpc) is 2.19. The number of amides is 1. The second-order valence-electron chi connectivity index (χ2n) is 4.56. The predicted octanol–water partition coefficient (Wildman–Crippen LogP) is 1.31. The van der Waals surface area contributed by atoms with Crippen LogP contribution < -0.4 is 5.73 Å². The number of benzene rings is 1. The van der Waals surface area contributed by atoms with Gasteiger partial charge in [0.05, 0.1) is 10.7 Å². The summed E-state index contributed by atoms with van der Waals surface area (Å²) < 4.78 is 0. The van der Waals surface area contributed by atoms with Gasteiger partial charge in [-0.05, 0) is 32.3 Å². The maximum absolute atomic E-state index is 12.1. The highest BCUT2D eigenvalue weighted by Gasteiger charge is 2.32. The molecule has 0 saturated carbocycles. The van der Waals surface area contributed by atoms with E-state index in [0.717, 1.165) is 13.1 Å². The summed E-state index contributed by atoms with van der Waals surface area (Å²) in [5, 5.41) is 0.483. The van der Waals surface area contributed by atoms with Gasteiger partial charge >= 0.3 is 0 Å². The standard InChI is InChI=1S/C12H16ClN3O/c1-15(2)9-6-16(7-9)12(17)8-3-4-10(13)11(14)5-8/h3-5,9H,6-7,14H2,1-2H3. The quantitative estimate of drug-likeness (QED) is 0.809. The van der Waals surface area contributed by atoms with E-state index < -0.39 is 0 Å². The third-order valence-electron chi connectivity index (χ3n) is 3.12. The first kappa shape index (κ1) is 12.2. The Kier molecular flexibility index (Phi) is 3.26. The number of carbonyl (C=O) groups is 1. The van der Waals surface area contributed by atoms with E-state index in [1.165, 1.54) is 0 Å². The molecular weight excluding hydrogens is 238 g/mol. The summed E-state index contributed by atoms with van der Waals surface area (Å²) in [6, 6.07) is 5.47. The van der Waals surface area contributed by atoms with Crippen LogP contribution in [0.2, 0.25) is 5.02 Å². The van der Waals surface area contributed by atoms with Gasteiger partial charge in [0.15, 0.2) is 0 Å². The number of nitrogens with zero attached hydrogens (tertiary/aromatic N) is 2. The lowest BCUT2D eigenvalue weighted by Gasteiger charge is -2.42. The Labute approximate surface area is 106 Å². The van der Waals surface area contributed by atoms with E-state index in [2.05, 4.69) is 4.90 Å². The first-order chi connectivity index (χ1) is 7.99. The average molecular weight is 254 g/mol. The number of likely N-dealkylation sites (N-methyl/N-ethyl adjacent to an activating group) is 1. The van der Waals surface area contributed by atoms with Crippen LogP contribution in [0.15, 0.2) is 18.2 Å². The largest absolute Gasteiger partial charge is 0.398 e. The molecule has 0 atom stereocenters. The topological polar surface area (TPSA) is 49.6 Å². The highest BCUT2D eigenvalue weighted by molar-refractivity contribution is 6.33. The van der Waals surface area contributed by atoms with Gasteiger partial charge in [-0.25, -0.2) is 0 Å². The Morgan fingerprint density at radius 1 is 1.47 bits per heavy atom. The lowest BCUT2D eigenvalue weighted by Crippen LogP contribution is -2.59. The molecule has 2 N–H and O–H groups in total. The van der Waals surface area contributed by atoms with Crippen LogP contribution >= 0.6 is 11.6 Å². The molecule has 2 rings (SSSR count). The van der Waals surface area contributed by atoms with Crippen LogP contribution in [0.25, 0.3) is 0 Å². The van der Waals surface area contributed by atoms with E-state index >= 15 is 0 Å². The molecule has 1 aromatic carbocycles. The normalized spacial score (nSPS) is 16.1. The summed E-state index contributed by atoms with van der Waals surface area (Å²) in [6.45, 7) is 1.54. The highest BCUT2D eigenvalue weighted by atomic mass is 35.5. The number of nitrogen functional groups attached to an aromatic ring is 1. The van der Waals surface area contributed by atoms with E-state index in [1.54, 1.807) is 18.2 Å². The summed E-state index contributed by atoms with van der Waals surface area (Å²) in [4.78, 5) is 16.0. The van der Waals surface area contributed by atoms with Crippen LogP contribution in [0.3, 0.4) is 0 Å². The van der Waals surface area contributed by atoms with Crippen LogP contribution in [0, 0.1) is 0 Å². The minimum Gasteiger partial charge on any atom is -0.398 e. The number of halogens is 1. The first-order valence-corrected chi connectivity index (χ1v) is 5.87. The molecule has 0 unspecified atom stereocenters. The molecule has 0 spiro atoms. The summed E-state index contributed by atoms with van der Waals surface area (Å²) in [6.07, 6.45) is 0. The fraction of sp³-hybridized carbons (Fsp3) is 0.417. The van der Waals surface area contributed by atoms with Gasteiger partial charge in [0.25, 0.3) is 5.91 Å². The highest BCUT2D eigenvalue weighted by Crippen LogP contribution is 2.22. The molecule has 17 heavy (non-hydrogen) atoms. The van der Waals surface area contributed by atoms with Gasteiger partial charge in [0, 0.05) is 24.7 Å². The SMILES string of the molecule is CN(C)C1CN(C(=O)c2ccc(Cl)c(N)c2)C1. The number of likely N-dealkylation sites (tertiary alicyclic amines) is 1. The number of carbonyl (C=O) groups excluding carboxylic acids is 1. The molecule has 0 aliphatic carbocycles. The van der Waals surface area contributed by atoms with Crippen molar-refractivity contribution < 1.29 is 4.79 Å². The zero-order valence-electron chi connectivity index (χ0n) is 9.98. The van der Waals surface area contributed by atoms with Crippen molar-refractivity contribution in [3.8, 4) is 0 Å². The molecule has 1 fully saturated rings. The Hall–Kier alpha value is -1.26. The molecule has 0 aromatic heterocycles. The number of rotatable bonds is 2. The minimum absolute atomic E-state index is 0.0199. The third-order valence-corrected chi connectivity index (χ3v) is 3.47. The van der Waals surface area contributed by atoms with Crippen LogP contribution in [-0.2, 0) is 0 Å². The van der Waals surface area contributed by atoms with Crippen molar-refractivity contribution in [2.24, 2.45) is 0 Å².